The van der Waals surface area contributed by atoms with Crippen molar-refractivity contribution in [2.75, 3.05) is 4.72 Å². The molecule has 24 heavy (non-hydrogen) atoms. The molecule has 2 N–H and O–H groups in total. The highest BCUT2D eigenvalue weighted by Crippen LogP contribution is 2.32. The number of sulfonamides is 1. The van der Waals surface area contributed by atoms with E-state index in [0.717, 1.165) is 22.3 Å². The van der Waals surface area contributed by atoms with Crippen molar-refractivity contribution in [3.8, 4) is 0 Å². The van der Waals surface area contributed by atoms with Crippen LogP contribution in [-0.4, -0.2) is 24.1 Å². The van der Waals surface area contributed by atoms with Crippen LogP contribution in [0.4, 0.5) is 5.69 Å². The fourth-order valence-electron chi connectivity index (χ4n) is 2.72. The average molecular weight is 364 g/mol. The van der Waals surface area contributed by atoms with Crippen LogP contribution >= 0.6 is 11.3 Å². The van der Waals surface area contributed by atoms with Gasteiger partial charge in [0.05, 0.1) is 11.2 Å². The van der Waals surface area contributed by atoms with Crippen molar-refractivity contribution in [2.45, 2.75) is 24.6 Å². The fourth-order valence-corrected chi connectivity index (χ4v) is 4.78. The van der Waals surface area contributed by atoms with Gasteiger partial charge in [0.2, 0.25) is 0 Å². The van der Waals surface area contributed by atoms with E-state index in [9.17, 15) is 18.3 Å². The zero-order valence-corrected chi connectivity index (χ0v) is 14.7. The number of nitrogens with one attached hydrogen (secondary N) is 1. The second-order valence-electron chi connectivity index (χ2n) is 5.31. The third-order valence-corrected chi connectivity index (χ3v) is 6.58. The van der Waals surface area contributed by atoms with Crippen LogP contribution in [0.2, 0.25) is 0 Å². The number of anilines is 1. The van der Waals surface area contributed by atoms with Crippen LogP contribution in [0.3, 0.4) is 0 Å². The van der Waals surface area contributed by atoms with Crippen LogP contribution in [0.25, 0.3) is 10.9 Å². The number of hydrogen-bond acceptors (Lipinski definition) is 4. The van der Waals surface area contributed by atoms with E-state index in [1.807, 2.05) is 13.8 Å². The Morgan fingerprint density at radius 3 is 2.67 bits per heavy atom. The smallest absolute Gasteiger partial charge is 0.352 e. The Morgan fingerprint density at radius 2 is 2.08 bits per heavy atom. The van der Waals surface area contributed by atoms with Gasteiger partial charge >= 0.3 is 5.97 Å². The number of carboxylic acid groups (broad SMARTS) is 1. The molecule has 2 aromatic heterocycles. The van der Waals surface area contributed by atoms with E-state index in [4.69, 9.17) is 0 Å². The Kier molecular flexibility index (Phi) is 4.10. The van der Waals surface area contributed by atoms with Gasteiger partial charge in [-0.3, -0.25) is 4.72 Å². The molecule has 0 amide bonds. The SMILES string of the molecule is CCn1c(C(=O)O)cc2c(C)ccc(NS(=O)(=O)c3cccs3)c21. The van der Waals surface area contributed by atoms with E-state index in [-0.39, 0.29) is 9.90 Å². The second kappa shape index (κ2) is 5.95. The minimum Gasteiger partial charge on any atom is -0.477 e. The Balaban J connectivity index is 2.22. The van der Waals surface area contributed by atoms with E-state index in [1.54, 1.807) is 34.2 Å². The molecule has 3 aromatic rings. The van der Waals surface area contributed by atoms with Gasteiger partial charge in [-0.25, -0.2) is 13.2 Å². The first-order chi connectivity index (χ1) is 11.3. The van der Waals surface area contributed by atoms with Crippen molar-refractivity contribution in [3.63, 3.8) is 0 Å². The zero-order valence-electron chi connectivity index (χ0n) is 13.1. The molecule has 3 rings (SSSR count). The Bertz CT molecular complexity index is 1020. The molecule has 126 valence electrons. The molecule has 0 saturated heterocycles. The molecule has 0 atom stereocenters. The highest BCUT2D eigenvalue weighted by Gasteiger charge is 2.21. The first-order valence-electron chi connectivity index (χ1n) is 7.27. The number of rotatable bonds is 5. The fraction of sp³-hybridized carbons (Fsp3) is 0.188. The third kappa shape index (κ3) is 2.67. The molecule has 0 saturated carbocycles. The predicted octanol–water partition coefficient (Wildman–Crippen LogP) is 3.53. The van der Waals surface area contributed by atoms with Gasteiger partial charge in [0.15, 0.2) is 0 Å². The molecule has 0 bridgehead atoms. The number of thiophene rings is 1. The second-order valence-corrected chi connectivity index (χ2v) is 8.17. The van der Waals surface area contributed by atoms with Crippen LogP contribution in [0, 0.1) is 6.92 Å². The Hall–Kier alpha value is -2.32. The summed E-state index contributed by atoms with van der Waals surface area (Å²) >= 11 is 1.13. The van der Waals surface area contributed by atoms with E-state index >= 15 is 0 Å². The highest BCUT2D eigenvalue weighted by atomic mass is 32.2. The standard InChI is InChI=1S/C16H16N2O4S2/c1-3-18-13(16(19)20)9-11-10(2)6-7-12(15(11)18)17-24(21,22)14-5-4-8-23-14/h4-9,17H,3H2,1-2H3,(H,19,20). The van der Waals surface area contributed by atoms with Gasteiger partial charge in [0.1, 0.15) is 9.90 Å². The summed E-state index contributed by atoms with van der Waals surface area (Å²) in [7, 11) is -3.70. The van der Waals surface area contributed by atoms with Gasteiger partial charge in [-0.15, -0.1) is 11.3 Å². The maximum atomic E-state index is 12.5. The number of benzene rings is 1. The number of carboxylic acids is 1. The average Bonchev–Trinajstić information content (AvgIpc) is 3.17. The lowest BCUT2D eigenvalue weighted by atomic mass is 10.1. The van der Waals surface area contributed by atoms with Gasteiger partial charge < -0.3 is 9.67 Å². The van der Waals surface area contributed by atoms with Gasteiger partial charge in [-0.2, -0.15) is 0 Å². The number of aromatic carboxylic acids is 1. The molecule has 8 heteroatoms. The van der Waals surface area contributed by atoms with E-state index in [1.165, 1.54) is 6.07 Å². The maximum Gasteiger partial charge on any atom is 0.352 e. The first kappa shape index (κ1) is 16.5. The molecule has 0 unspecified atom stereocenters. The molecular weight excluding hydrogens is 348 g/mol. The topological polar surface area (TPSA) is 88.4 Å². The molecule has 0 spiro atoms. The number of hydrogen-bond donors (Lipinski definition) is 2. The van der Waals surface area contributed by atoms with Crippen molar-refractivity contribution in [1.29, 1.82) is 0 Å². The van der Waals surface area contributed by atoms with Crippen LogP contribution in [-0.2, 0) is 16.6 Å². The third-order valence-electron chi connectivity index (χ3n) is 3.82. The molecule has 0 aliphatic rings. The van der Waals surface area contributed by atoms with Gasteiger partial charge in [0, 0.05) is 11.9 Å². The summed E-state index contributed by atoms with van der Waals surface area (Å²) in [5.74, 6) is -1.04. The van der Waals surface area contributed by atoms with Crippen molar-refractivity contribution in [3.05, 3.63) is 47.0 Å². The lowest BCUT2D eigenvalue weighted by Crippen LogP contribution is -2.13. The van der Waals surface area contributed by atoms with Crippen molar-refractivity contribution < 1.29 is 18.3 Å². The molecule has 0 fully saturated rings. The summed E-state index contributed by atoms with van der Waals surface area (Å²) in [5.41, 5.74) is 1.98. The van der Waals surface area contributed by atoms with Gasteiger partial charge in [-0.05, 0) is 43.0 Å². The predicted molar refractivity (Wildman–Crippen MR) is 94.4 cm³/mol. The highest BCUT2D eigenvalue weighted by molar-refractivity contribution is 7.94. The molecule has 2 heterocycles. The molecule has 1 aromatic carbocycles. The summed E-state index contributed by atoms with van der Waals surface area (Å²) in [6.07, 6.45) is 0. The molecule has 0 aliphatic carbocycles. The number of fused-ring (bicyclic) bond motifs is 1. The minimum atomic E-state index is -3.70. The summed E-state index contributed by atoms with van der Waals surface area (Å²) in [6, 6.07) is 8.22. The molecule has 6 nitrogen and oxygen atoms in total. The maximum absolute atomic E-state index is 12.5. The zero-order chi connectivity index (χ0) is 17.5. The quantitative estimate of drug-likeness (QED) is 0.725. The minimum absolute atomic E-state index is 0.137. The number of aromatic nitrogens is 1. The van der Waals surface area contributed by atoms with Crippen LogP contribution < -0.4 is 4.72 Å². The van der Waals surface area contributed by atoms with Gasteiger partial charge in [0.25, 0.3) is 10.0 Å². The largest absolute Gasteiger partial charge is 0.477 e. The number of carbonyl (C=O) groups is 1. The summed E-state index contributed by atoms with van der Waals surface area (Å²) in [6.45, 7) is 4.11. The summed E-state index contributed by atoms with van der Waals surface area (Å²) < 4.78 is 29.4. The first-order valence-corrected chi connectivity index (χ1v) is 9.64. The van der Waals surface area contributed by atoms with Crippen LogP contribution in [0.1, 0.15) is 23.0 Å². The molecule has 0 radical (unpaired) electrons. The molecule has 0 aliphatic heterocycles. The summed E-state index contributed by atoms with van der Waals surface area (Å²) in [4.78, 5) is 11.5. The monoisotopic (exact) mass is 364 g/mol. The summed E-state index contributed by atoms with van der Waals surface area (Å²) in [5, 5.41) is 11.8. The lowest BCUT2D eigenvalue weighted by molar-refractivity contribution is 0.0686. The van der Waals surface area contributed by atoms with Crippen LogP contribution in [0.5, 0.6) is 0 Å². The Morgan fingerprint density at radius 1 is 1.33 bits per heavy atom. The number of aryl methyl sites for hydroxylation is 2. The normalized spacial score (nSPS) is 11.8. The Labute approximate surface area is 143 Å². The van der Waals surface area contributed by atoms with E-state index in [2.05, 4.69) is 4.72 Å². The number of nitrogens with zero attached hydrogens (tertiary/aromatic N) is 1. The van der Waals surface area contributed by atoms with Crippen molar-refractivity contribution in [2.24, 2.45) is 0 Å². The van der Waals surface area contributed by atoms with E-state index in [0.29, 0.717) is 17.7 Å². The van der Waals surface area contributed by atoms with Gasteiger partial charge in [-0.1, -0.05) is 12.1 Å². The van der Waals surface area contributed by atoms with Crippen molar-refractivity contribution >= 4 is 43.9 Å². The van der Waals surface area contributed by atoms with E-state index < -0.39 is 16.0 Å². The molecular formula is C16H16N2O4S2. The van der Waals surface area contributed by atoms with Crippen molar-refractivity contribution in [1.82, 2.24) is 4.57 Å². The van der Waals surface area contributed by atoms with Crippen LogP contribution in [0.15, 0.2) is 39.9 Å². The lowest BCUT2D eigenvalue weighted by Gasteiger charge is -2.12.